The number of pyridine rings is 1. The molecule has 24 heavy (non-hydrogen) atoms. The van der Waals surface area contributed by atoms with E-state index in [0.29, 0.717) is 27.7 Å². The first-order valence-electron chi connectivity index (χ1n) is 7.55. The number of nitrogens with zero attached hydrogens (tertiary/aromatic N) is 2. The monoisotopic (exact) mass is 317 g/mol. The maximum absolute atomic E-state index is 12.3. The van der Waals surface area contributed by atoms with Crippen LogP contribution in [0.15, 0.2) is 54.7 Å². The van der Waals surface area contributed by atoms with Gasteiger partial charge in [0.2, 0.25) is 0 Å². The van der Waals surface area contributed by atoms with Gasteiger partial charge in [-0.2, -0.15) is 5.26 Å². The van der Waals surface area contributed by atoms with Gasteiger partial charge in [0.25, 0.3) is 0 Å². The second-order valence-corrected chi connectivity index (χ2v) is 5.07. The second kappa shape index (κ2) is 6.80. The molecule has 0 aliphatic carbocycles. The van der Waals surface area contributed by atoms with Gasteiger partial charge in [0.1, 0.15) is 11.6 Å². The van der Waals surface area contributed by atoms with Crippen molar-refractivity contribution in [1.29, 1.82) is 5.26 Å². The zero-order valence-electron chi connectivity index (χ0n) is 13.1. The van der Waals surface area contributed by atoms with Crippen LogP contribution in [0.1, 0.15) is 22.8 Å². The molecule has 0 bridgehead atoms. The van der Waals surface area contributed by atoms with Gasteiger partial charge in [-0.15, -0.1) is 0 Å². The molecule has 2 aromatic carbocycles. The summed E-state index contributed by atoms with van der Waals surface area (Å²) in [5.41, 5.74) is 2.76. The van der Waals surface area contributed by atoms with Crippen LogP contribution in [0, 0.1) is 11.3 Å². The van der Waals surface area contributed by atoms with Crippen molar-refractivity contribution in [3.05, 3.63) is 65.9 Å². The third kappa shape index (κ3) is 2.90. The fourth-order valence-electron chi connectivity index (χ4n) is 2.48. The van der Waals surface area contributed by atoms with E-state index in [4.69, 9.17) is 4.74 Å². The number of ether oxygens (including phenoxy) is 1. The number of fused-ring (bicyclic) bond motifs is 1. The minimum absolute atomic E-state index is 0.278. The quantitative estimate of drug-likeness (QED) is 0.735. The lowest BCUT2D eigenvalue weighted by atomic mass is 10.1. The van der Waals surface area contributed by atoms with Crippen molar-refractivity contribution >= 4 is 28.2 Å². The molecule has 0 aliphatic rings. The summed E-state index contributed by atoms with van der Waals surface area (Å²) in [4.78, 5) is 16.6. The molecule has 0 aliphatic heterocycles. The summed E-state index contributed by atoms with van der Waals surface area (Å²) >= 11 is 0. The van der Waals surface area contributed by atoms with Crippen molar-refractivity contribution in [2.24, 2.45) is 0 Å². The molecule has 1 aromatic heterocycles. The number of aromatic nitrogens is 1. The Morgan fingerprint density at radius 1 is 1.21 bits per heavy atom. The van der Waals surface area contributed by atoms with E-state index in [2.05, 4.69) is 16.4 Å². The van der Waals surface area contributed by atoms with E-state index in [9.17, 15) is 10.1 Å². The Kier molecular flexibility index (Phi) is 4.39. The van der Waals surface area contributed by atoms with Crippen LogP contribution in [-0.2, 0) is 4.74 Å². The molecule has 3 rings (SSSR count). The molecule has 1 N–H and O–H groups in total. The molecule has 118 valence electrons. The molecule has 0 fully saturated rings. The number of hydrogen-bond acceptors (Lipinski definition) is 5. The predicted molar refractivity (Wildman–Crippen MR) is 92.1 cm³/mol. The molecule has 0 atom stereocenters. The van der Waals surface area contributed by atoms with Crippen molar-refractivity contribution < 1.29 is 9.53 Å². The number of nitrogens with one attached hydrogen (secondary N) is 1. The second-order valence-electron chi connectivity index (χ2n) is 5.07. The Bertz CT molecular complexity index is 930. The Balaban J connectivity index is 2.22. The summed E-state index contributed by atoms with van der Waals surface area (Å²) in [7, 11) is 0. The maximum Gasteiger partial charge on any atom is 0.341 e. The van der Waals surface area contributed by atoms with Crippen LogP contribution in [0.4, 0.5) is 11.4 Å². The van der Waals surface area contributed by atoms with Gasteiger partial charge in [0, 0.05) is 17.3 Å². The van der Waals surface area contributed by atoms with Crippen molar-refractivity contribution in [2.45, 2.75) is 6.92 Å². The van der Waals surface area contributed by atoms with Crippen molar-refractivity contribution in [1.82, 2.24) is 4.98 Å². The van der Waals surface area contributed by atoms with Crippen LogP contribution in [-0.4, -0.2) is 17.6 Å². The molecular weight excluding hydrogens is 302 g/mol. The lowest BCUT2D eigenvalue weighted by molar-refractivity contribution is 0.0527. The SMILES string of the molecule is CCOC(=O)c1cnc2c(C#N)cccc2c1Nc1ccccc1. The van der Waals surface area contributed by atoms with Crippen LogP contribution in [0.3, 0.4) is 0 Å². The molecule has 0 unspecified atom stereocenters. The number of carbonyl (C=O) groups excluding carboxylic acids is 1. The summed E-state index contributed by atoms with van der Waals surface area (Å²) in [6, 6.07) is 16.9. The van der Waals surface area contributed by atoms with E-state index >= 15 is 0 Å². The van der Waals surface area contributed by atoms with Gasteiger partial charge in [-0.25, -0.2) is 4.79 Å². The largest absolute Gasteiger partial charge is 0.462 e. The van der Waals surface area contributed by atoms with Crippen LogP contribution >= 0.6 is 0 Å². The molecule has 0 saturated heterocycles. The summed E-state index contributed by atoms with van der Waals surface area (Å²) in [6.07, 6.45) is 1.45. The highest BCUT2D eigenvalue weighted by atomic mass is 16.5. The van der Waals surface area contributed by atoms with E-state index in [1.54, 1.807) is 19.1 Å². The Hall–Kier alpha value is -3.39. The first-order chi connectivity index (χ1) is 11.7. The van der Waals surface area contributed by atoms with Crippen molar-refractivity contribution in [2.75, 3.05) is 11.9 Å². The van der Waals surface area contributed by atoms with Crippen LogP contribution in [0.5, 0.6) is 0 Å². The summed E-state index contributed by atoms with van der Waals surface area (Å²) < 4.78 is 5.13. The normalized spacial score (nSPS) is 10.2. The topological polar surface area (TPSA) is 75.0 Å². The molecular formula is C19H15N3O2. The van der Waals surface area contributed by atoms with Crippen molar-refractivity contribution in [3.8, 4) is 6.07 Å². The maximum atomic E-state index is 12.3. The Morgan fingerprint density at radius 3 is 2.71 bits per heavy atom. The van der Waals surface area contributed by atoms with Gasteiger partial charge in [-0.1, -0.05) is 30.3 Å². The molecule has 0 amide bonds. The smallest absolute Gasteiger partial charge is 0.341 e. The van der Waals surface area contributed by atoms with E-state index in [1.165, 1.54) is 6.20 Å². The van der Waals surface area contributed by atoms with Gasteiger partial charge < -0.3 is 10.1 Å². The highest BCUT2D eigenvalue weighted by Gasteiger charge is 2.18. The lowest BCUT2D eigenvalue weighted by Crippen LogP contribution is -2.09. The average molecular weight is 317 g/mol. The number of anilines is 2. The highest BCUT2D eigenvalue weighted by molar-refractivity contribution is 6.07. The van der Waals surface area contributed by atoms with Gasteiger partial charge >= 0.3 is 5.97 Å². The zero-order valence-corrected chi connectivity index (χ0v) is 13.1. The standard InChI is InChI=1S/C19H15N3O2/c1-2-24-19(23)16-12-21-17-13(11-20)7-6-10-15(17)18(16)22-14-8-4-3-5-9-14/h3-10,12H,2H2,1H3,(H,21,22). The molecule has 5 nitrogen and oxygen atoms in total. The first kappa shape index (κ1) is 15.5. The van der Waals surface area contributed by atoms with Gasteiger partial charge in [0.05, 0.1) is 23.4 Å². The van der Waals surface area contributed by atoms with Gasteiger partial charge in [-0.3, -0.25) is 4.98 Å². The number of nitriles is 1. The minimum atomic E-state index is -0.451. The summed E-state index contributed by atoms with van der Waals surface area (Å²) in [5, 5.41) is 13.2. The summed E-state index contributed by atoms with van der Waals surface area (Å²) in [6.45, 7) is 2.03. The Morgan fingerprint density at radius 2 is 2.00 bits per heavy atom. The molecule has 3 aromatic rings. The lowest BCUT2D eigenvalue weighted by Gasteiger charge is -2.14. The number of hydrogen-bond donors (Lipinski definition) is 1. The van der Waals surface area contributed by atoms with Crippen LogP contribution < -0.4 is 5.32 Å². The molecule has 1 heterocycles. The van der Waals surface area contributed by atoms with E-state index in [1.807, 2.05) is 36.4 Å². The van der Waals surface area contributed by atoms with E-state index in [0.717, 1.165) is 5.69 Å². The fraction of sp³-hybridized carbons (Fsp3) is 0.105. The first-order valence-corrected chi connectivity index (χ1v) is 7.55. The van der Waals surface area contributed by atoms with Gasteiger partial charge in [-0.05, 0) is 25.1 Å². The van der Waals surface area contributed by atoms with Crippen molar-refractivity contribution in [3.63, 3.8) is 0 Å². The van der Waals surface area contributed by atoms with Crippen LogP contribution in [0.2, 0.25) is 0 Å². The third-order valence-electron chi connectivity index (χ3n) is 3.56. The fourth-order valence-corrected chi connectivity index (χ4v) is 2.48. The molecule has 5 heteroatoms. The molecule has 0 saturated carbocycles. The van der Waals surface area contributed by atoms with E-state index in [-0.39, 0.29) is 6.61 Å². The van der Waals surface area contributed by atoms with Crippen LogP contribution in [0.25, 0.3) is 10.9 Å². The number of esters is 1. The molecule has 0 spiro atoms. The highest BCUT2D eigenvalue weighted by Crippen LogP contribution is 2.31. The molecule has 0 radical (unpaired) electrons. The third-order valence-corrected chi connectivity index (χ3v) is 3.56. The predicted octanol–water partition coefficient (Wildman–Crippen LogP) is 4.03. The Labute approximate surface area is 139 Å². The number of rotatable bonds is 4. The number of benzene rings is 2. The summed E-state index contributed by atoms with van der Waals surface area (Å²) in [5.74, 6) is -0.451. The number of para-hydroxylation sites is 2. The minimum Gasteiger partial charge on any atom is -0.462 e. The average Bonchev–Trinajstić information content (AvgIpc) is 2.62. The van der Waals surface area contributed by atoms with E-state index < -0.39 is 5.97 Å². The number of carbonyl (C=O) groups is 1. The zero-order chi connectivity index (χ0) is 16.9. The van der Waals surface area contributed by atoms with Gasteiger partial charge in [0.15, 0.2) is 0 Å².